The zero-order valence-electron chi connectivity index (χ0n) is 27.1. The summed E-state index contributed by atoms with van der Waals surface area (Å²) < 4.78 is 36.6. The van der Waals surface area contributed by atoms with Gasteiger partial charge in [-0.1, -0.05) is 32.0 Å². The van der Waals surface area contributed by atoms with E-state index >= 15 is 0 Å². The van der Waals surface area contributed by atoms with Gasteiger partial charge in [-0.25, -0.2) is 4.79 Å². The van der Waals surface area contributed by atoms with E-state index in [0.29, 0.717) is 6.42 Å². The number of ether oxygens (including phenoxy) is 6. The second kappa shape index (κ2) is 12.4. The van der Waals surface area contributed by atoms with Crippen molar-refractivity contribution in [2.24, 2.45) is 17.3 Å². The maximum absolute atomic E-state index is 13.7. The minimum absolute atomic E-state index is 0.00715. The molecule has 0 radical (unpaired) electrons. The van der Waals surface area contributed by atoms with Crippen molar-refractivity contribution in [1.29, 1.82) is 0 Å². The number of hydrogen-bond donors (Lipinski definition) is 1. The van der Waals surface area contributed by atoms with Gasteiger partial charge < -0.3 is 33.5 Å². The lowest BCUT2D eigenvalue weighted by Crippen LogP contribution is -2.83. The molecule has 248 valence electrons. The molecule has 0 amide bonds. The molecule has 1 N–H and O–H groups in total. The molecule has 2 bridgehead atoms. The van der Waals surface area contributed by atoms with Crippen LogP contribution in [-0.2, 0) is 47.6 Å². The van der Waals surface area contributed by atoms with Gasteiger partial charge in [-0.3, -0.25) is 19.2 Å². The number of aliphatic hydroxyl groups is 1. The zero-order valence-corrected chi connectivity index (χ0v) is 27.1. The van der Waals surface area contributed by atoms with Crippen LogP contribution >= 0.6 is 0 Å². The predicted octanol–water partition coefficient (Wildman–Crippen LogP) is 3.31. The summed E-state index contributed by atoms with van der Waals surface area (Å²) in [5, 5.41) is 12.5. The van der Waals surface area contributed by atoms with Crippen molar-refractivity contribution in [3.63, 3.8) is 0 Å². The summed E-state index contributed by atoms with van der Waals surface area (Å²) in [6.07, 6.45) is -5.09. The number of carbonyl (C=O) groups excluding carboxylic acids is 5. The molecule has 2 saturated carbocycles. The highest BCUT2D eigenvalue weighted by Crippen LogP contribution is 2.69. The molecule has 3 aliphatic rings. The molecule has 0 unspecified atom stereocenters. The molecule has 1 aliphatic heterocycles. The molecular weight excluding hydrogens is 588 g/mol. The second-order valence-corrected chi connectivity index (χ2v) is 13.2. The highest BCUT2D eigenvalue weighted by Gasteiger charge is 2.86. The summed E-state index contributed by atoms with van der Waals surface area (Å²) in [5.74, 6) is -4.69. The van der Waals surface area contributed by atoms with Crippen LogP contribution in [-0.4, -0.2) is 82.8 Å². The van der Waals surface area contributed by atoms with Crippen molar-refractivity contribution in [3.05, 3.63) is 35.9 Å². The largest absolute Gasteiger partial charge is 0.464 e. The number of fused-ring (bicyclic) bond motifs is 1. The van der Waals surface area contributed by atoms with E-state index in [1.54, 1.807) is 51.1 Å². The Bertz CT molecular complexity index is 1320. The van der Waals surface area contributed by atoms with E-state index in [-0.39, 0.29) is 18.4 Å². The third kappa shape index (κ3) is 5.82. The molecule has 9 atom stereocenters. The van der Waals surface area contributed by atoms with E-state index in [1.165, 1.54) is 20.8 Å². The van der Waals surface area contributed by atoms with E-state index in [4.69, 9.17) is 28.4 Å². The molecule has 1 saturated heterocycles. The number of benzene rings is 1. The van der Waals surface area contributed by atoms with E-state index < -0.39 is 94.9 Å². The number of rotatable bonds is 9. The lowest BCUT2D eigenvalue weighted by atomic mass is 9.46. The Kier molecular flexibility index (Phi) is 9.43. The quantitative estimate of drug-likeness (QED) is 0.313. The molecule has 12 nitrogen and oxygen atoms in total. The van der Waals surface area contributed by atoms with Gasteiger partial charge in [-0.15, -0.1) is 0 Å². The molecule has 12 heteroatoms. The first-order valence-electron chi connectivity index (χ1n) is 15.3. The third-order valence-corrected chi connectivity index (χ3v) is 9.69. The molecule has 1 spiro atoms. The van der Waals surface area contributed by atoms with Crippen molar-refractivity contribution >= 4 is 29.8 Å². The maximum atomic E-state index is 13.7. The smallest absolute Gasteiger partial charge is 0.338 e. The Hall–Kier alpha value is -3.51. The van der Waals surface area contributed by atoms with Crippen molar-refractivity contribution in [2.75, 3.05) is 6.61 Å². The van der Waals surface area contributed by atoms with Crippen molar-refractivity contribution < 1.29 is 57.5 Å². The third-order valence-electron chi connectivity index (χ3n) is 9.69. The molecule has 1 heterocycles. The van der Waals surface area contributed by atoms with Crippen molar-refractivity contribution in [3.8, 4) is 0 Å². The number of carbonyl (C=O) groups is 5. The minimum atomic E-state index is -1.99. The predicted molar refractivity (Wildman–Crippen MR) is 156 cm³/mol. The van der Waals surface area contributed by atoms with Gasteiger partial charge in [0.1, 0.15) is 30.3 Å². The van der Waals surface area contributed by atoms with Crippen LogP contribution in [0.3, 0.4) is 0 Å². The van der Waals surface area contributed by atoms with Crippen LogP contribution in [0.15, 0.2) is 30.3 Å². The lowest BCUT2D eigenvalue weighted by Gasteiger charge is -2.65. The summed E-state index contributed by atoms with van der Waals surface area (Å²) in [6.45, 7) is 11.4. The fourth-order valence-electron chi connectivity index (χ4n) is 7.67. The lowest BCUT2D eigenvalue weighted by molar-refractivity contribution is -0.356. The summed E-state index contributed by atoms with van der Waals surface area (Å²) in [5.41, 5.74) is -6.81. The van der Waals surface area contributed by atoms with Crippen LogP contribution in [0.1, 0.15) is 85.0 Å². The Morgan fingerprint density at radius 3 is 2.04 bits per heavy atom. The van der Waals surface area contributed by atoms with Gasteiger partial charge in [0.2, 0.25) is 0 Å². The average Bonchev–Trinajstić information content (AvgIpc) is 3.11. The fraction of sp³-hybridized carbons (Fsp3) is 0.667. The first-order chi connectivity index (χ1) is 20.9. The van der Waals surface area contributed by atoms with Crippen LogP contribution < -0.4 is 0 Å². The molecule has 4 rings (SSSR count). The average molecular weight is 633 g/mol. The minimum Gasteiger partial charge on any atom is -0.464 e. The number of hydrogen-bond acceptors (Lipinski definition) is 12. The van der Waals surface area contributed by atoms with Crippen LogP contribution in [0, 0.1) is 17.3 Å². The van der Waals surface area contributed by atoms with E-state index in [0.717, 1.165) is 6.92 Å². The van der Waals surface area contributed by atoms with Crippen molar-refractivity contribution in [2.45, 2.75) is 116 Å². The topological polar surface area (TPSA) is 161 Å². The van der Waals surface area contributed by atoms with Crippen LogP contribution in [0.5, 0.6) is 0 Å². The first-order valence-corrected chi connectivity index (χ1v) is 15.3. The molecule has 45 heavy (non-hydrogen) atoms. The molecule has 0 aromatic heterocycles. The van der Waals surface area contributed by atoms with Gasteiger partial charge in [0.25, 0.3) is 0 Å². The summed E-state index contributed by atoms with van der Waals surface area (Å²) in [7, 11) is 0. The normalized spacial score (nSPS) is 35.3. The Morgan fingerprint density at radius 2 is 1.49 bits per heavy atom. The first kappa shape index (κ1) is 34.4. The molecule has 1 aromatic rings. The Morgan fingerprint density at radius 1 is 0.911 bits per heavy atom. The zero-order chi connectivity index (χ0) is 33.5. The Balaban J connectivity index is 2.06. The van der Waals surface area contributed by atoms with Gasteiger partial charge >= 0.3 is 29.8 Å². The molecule has 2 aliphatic carbocycles. The van der Waals surface area contributed by atoms with Crippen LogP contribution in [0.4, 0.5) is 0 Å². The highest BCUT2D eigenvalue weighted by atomic mass is 16.6. The summed E-state index contributed by atoms with van der Waals surface area (Å²) >= 11 is 0. The highest BCUT2D eigenvalue weighted by molar-refractivity contribution is 5.89. The SMILES string of the molecule is CC[C@@H](C)C(=O)OC[C@]12[C@@H](OC(=O)c3ccccc3)C[C@@H]3[C@@H](OC(C)=O)[C@]1(OC3(C)C)[C@@](C)(O)C[C@H](OC(C)=O)[C@@H]2OC(C)=O. The van der Waals surface area contributed by atoms with Gasteiger partial charge in [0.05, 0.1) is 22.7 Å². The fourth-order valence-corrected chi connectivity index (χ4v) is 7.67. The summed E-state index contributed by atoms with van der Waals surface area (Å²) in [6, 6.07) is 8.20. The Labute approximate surface area is 263 Å². The number of esters is 5. The van der Waals surface area contributed by atoms with Gasteiger partial charge in [0.15, 0.2) is 11.7 Å². The van der Waals surface area contributed by atoms with E-state index in [1.807, 2.05) is 6.92 Å². The molecule has 1 aromatic carbocycles. The summed E-state index contributed by atoms with van der Waals surface area (Å²) in [4.78, 5) is 64.8. The van der Waals surface area contributed by atoms with E-state index in [2.05, 4.69) is 0 Å². The molecular formula is C33H44O12. The maximum Gasteiger partial charge on any atom is 0.338 e. The van der Waals surface area contributed by atoms with Gasteiger partial charge in [-0.05, 0) is 45.7 Å². The van der Waals surface area contributed by atoms with Crippen molar-refractivity contribution in [1.82, 2.24) is 0 Å². The van der Waals surface area contributed by atoms with E-state index in [9.17, 15) is 29.1 Å². The van der Waals surface area contributed by atoms with Crippen LogP contribution in [0.25, 0.3) is 0 Å². The second-order valence-electron chi connectivity index (χ2n) is 13.2. The van der Waals surface area contributed by atoms with Gasteiger partial charge in [-0.2, -0.15) is 0 Å². The van der Waals surface area contributed by atoms with Gasteiger partial charge in [0, 0.05) is 33.1 Å². The van der Waals surface area contributed by atoms with Crippen LogP contribution in [0.2, 0.25) is 0 Å². The monoisotopic (exact) mass is 632 g/mol. The standard InChI is InChI=1S/C33H44O12/c1-9-18(2)28(37)40-17-32-25(44-29(38)22-13-11-10-12-14-22)15-23-26(42-20(4)35)33(32,45-30(23,6)7)31(8,39)16-24(41-19(3)34)27(32)43-21(5)36/h10-14,18,23-27,39H,9,15-17H2,1-8H3/t18-,23-,24+,25+,26-,27+,31+,32-,33+/m1/s1. The molecule has 3 fully saturated rings.